The molecule has 4 amide bonds. The van der Waals surface area contributed by atoms with Gasteiger partial charge in [-0.3, -0.25) is 14.9 Å². The second-order valence-corrected chi connectivity index (χ2v) is 5.30. The molecular formula is C12H15N3O3S. The van der Waals surface area contributed by atoms with Crippen LogP contribution in [0.15, 0.2) is 5.38 Å². The largest absolute Gasteiger partial charge is 0.337 e. The van der Waals surface area contributed by atoms with Crippen LogP contribution in [-0.2, 0) is 9.59 Å². The standard InChI is InChI=1S/C12H15N3O3S/c1-4-12(5-2)8(16)14-10(18)15(9(12)17)11-13-7(3)6-19-11/h6H,4-5H2,1-3H3,(H,14,16,18). The van der Waals surface area contributed by atoms with Gasteiger partial charge in [0.2, 0.25) is 11.0 Å². The molecule has 0 radical (unpaired) electrons. The average Bonchev–Trinajstić information content (AvgIpc) is 2.77. The van der Waals surface area contributed by atoms with Gasteiger partial charge in [-0.15, -0.1) is 11.3 Å². The van der Waals surface area contributed by atoms with Crippen molar-refractivity contribution in [2.24, 2.45) is 5.41 Å². The van der Waals surface area contributed by atoms with Crippen molar-refractivity contribution in [1.82, 2.24) is 10.3 Å². The third kappa shape index (κ3) is 1.94. The molecule has 19 heavy (non-hydrogen) atoms. The smallest absolute Gasteiger partial charge is 0.276 e. The van der Waals surface area contributed by atoms with Gasteiger partial charge < -0.3 is 0 Å². The second kappa shape index (κ2) is 4.73. The van der Waals surface area contributed by atoms with Crippen molar-refractivity contribution < 1.29 is 14.4 Å². The number of aromatic nitrogens is 1. The predicted octanol–water partition coefficient (Wildman–Crippen LogP) is 1.84. The molecule has 102 valence electrons. The van der Waals surface area contributed by atoms with E-state index in [2.05, 4.69) is 10.3 Å². The second-order valence-electron chi connectivity index (χ2n) is 4.46. The fraction of sp³-hybridized carbons (Fsp3) is 0.500. The molecule has 0 aromatic carbocycles. The van der Waals surface area contributed by atoms with Crippen molar-refractivity contribution in [2.75, 3.05) is 4.90 Å². The maximum absolute atomic E-state index is 12.6. The number of carbonyl (C=O) groups excluding carboxylic acids is 3. The lowest BCUT2D eigenvalue weighted by molar-refractivity contribution is -0.143. The molecule has 1 aromatic heterocycles. The Bertz CT molecular complexity index is 548. The van der Waals surface area contributed by atoms with Crippen LogP contribution in [0.4, 0.5) is 9.93 Å². The van der Waals surface area contributed by atoms with Gasteiger partial charge in [-0.1, -0.05) is 13.8 Å². The van der Waals surface area contributed by atoms with E-state index in [9.17, 15) is 14.4 Å². The monoisotopic (exact) mass is 281 g/mol. The number of urea groups is 1. The van der Waals surface area contributed by atoms with Gasteiger partial charge in [0, 0.05) is 5.38 Å². The van der Waals surface area contributed by atoms with Gasteiger partial charge >= 0.3 is 6.03 Å². The number of nitrogens with zero attached hydrogens (tertiary/aromatic N) is 2. The van der Waals surface area contributed by atoms with E-state index in [4.69, 9.17) is 0 Å². The van der Waals surface area contributed by atoms with Crippen LogP contribution in [0.25, 0.3) is 0 Å². The summed E-state index contributed by atoms with van der Waals surface area (Å²) in [6, 6.07) is -0.720. The van der Waals surface area contributed by atoms with E-state index in [1.54, 1.807) is 26.2 Å². The van der Waals surface area contributed by atoms with E-state index in [1.165, 1.54) is 11.3 Å². The van der Waals surface area contributed by atoms with Gasteiger partial charge in [0.1, 0.15) is 5.41 Å². The Morgan fingerprint density at radius 3 is 2.42 bits per heavy atom. The van der Waals surface area contributed by atoms with Gasteiger partial charge in [0.15, 0.2) is 0 Å². The van der Waals surface area contributed by atoms with Crippen molar-refractivity contribution in [1.29, 1.82) is 0 Å². The number of aryl methyl sites for hydroxylation is 1. The lowest BCUT2D eigenvalue weighted by Crippen LogP contribution is -2.63. The van der Waals surface area contributed by atoms with Crippen LogP contribution in [0.2, 0.25) is 0 Å². The first-order valence-corrected chi connectivity index (χ1v) is 6.96. The lowest BCUT2D eigenvalue weighted by atomic mass is 9.79. The Labute approximate surface area is 114 Å². The Morgan fingerprint density at radius 2 is 1.95 bits per heavy atom. The Morgan fingerprint density at radius 1 is 1.32 bits per heavy atom. The predicted molar refractivity (Wildman–Crippen MR) is 70.9 cm³/mol. The van der Waals surface area contributed by atoms with E-state index in [-0.39, 0.29) is 0 Å². The minimum Gasteiger partial charge on any atom is -0.276 e. The number of anilines is 1. The molecule has 1 aliphatic rings. The molecule has 0 aliphatic carbocycles. The van der Waals surface area contributed by atoms with Crippen LogP contribution >= 0.6 is 11.3 Å². The minimum atomic E-state index is -1.17. The zero-order chi connectivity index (χ0) is 14.2. The summed E-state index contributed by atoms with van der Waals surface area (Å²) in [5, 5.41) is 4.31. The van der Waals surface area contributed by atoms with Crippen molar-refractivity contribution in [3.05, 3.63) is 11.1 Å². The number of barbiturate groups is 1. The highest BCUT2D eigenvalue weighted by Gasteiger charge is 2.52. The first-order chi connectivity index (χ1) is 8.96. The SMILES string of the molecule is CCC1(CC)C(=O)NC(=O)N(c2nc(C)cs2)C1=O. The molecule has 1 fully saturated rings. The van der Waals surface area contributed by atoms with Crippen LogP contribution in [0.1, 0.15) is 32.4 Å². The van der Waals surface area contributed by atoms with Gasteiger partial charge in [0.05, 0.1) is 5.69 Å². The Hall–Kier alpha value is -1.76. The number of thiazole rings is 1. The highest BCUT2D eigenvalue weighted by molar-refractivity contribution is 7.14. The molecule has 0 unspecified atom stereocenters. The summed E-state index contributed by atoms with van der Waals surface area (Å²) in [4.78, 5) is 41.5. The highest BCUT2D eigenvalue weighted by Crippen LogP contribution is 2.35. The Kier molecular flexibility index (Phi) is 3.40. The molecule has 0 atom stereocenters. The maximum Gasteiger partial charge on any atom is 0.337 e. The van der Waals surface area contributed by atoms with E-state index >= 15 is 0 Å². The van der Waals surface area contributed by atoms with E-state index in [0.717, 1.165) is 10.6 Å². The molecule has 1 aromatic rings. The molecule has 0 bridgehead atoms. The van der Waals surface area contributed by atoms with Crippen molar-refractivity contribution >= 4 is 34.3 Å². The molecule has 6 nitrogen and oxygen atoms in total. The minimum absolute atomic E-state index is 0.304. The number of amides is 4. The number of imide groups is 2. The average molecular weight is 281 g/mol. The first-order valence-electron chi connectivity index (χ1n) is 6.08. The van der Waals surface area contributed by atoms with Crippen LogP contribution < -0.4 is 10.2 Å². The van der Waals surface area contributed by atoms with Gasteiger partial charge in [0.25, 0.3) is 5.91 Å². The van der Waals surface area contributed by atoms with Crippen molar-refractivity contribution in [3.63, 3.8) is 0 Å². The summed E-state index contributed by atoms with van der Waals surface area (Å²) in [6.07, 6.45) is 0.699. The van der Waals surface area contributed by atoms with Gasteiger partial charge in [-0.25, -0.2) is 14.7 Å². The Balaban J connectivity index is 2.47. The summed E-state index contributed by atoms with van der Waals surface area (Å²) < 4.78 is 0. The van der Waals surface area contributed by atoms with Gasteiger partial charge in [-0.2, -0.15) is 0 Å². The lowest BCUT2D eigenvalue weighted by Gasteiger charge is -2.36. The number of nitrogens with one attached hydrogen (secondary N) is 1. The molecular weight excluding hydrogens is 266 g/mol. The van der Waals surface area contributed by atoms with Crippen molar-refractivity contribution in [3.8, 4) is 0 Å². The molecule has 2 rings (SSSR count). The number of hydrogen-bond acceptors (Lipinski definition) is 5. The number of rotatable bonds is 3. The summed E-state index contributed by atoms with van der Waals surface area (Å²) >= 11 is 1.21. The summed E-state index contributed by atoms with van der Waals surface area (Å²) in [7, 11) is 0. The molecule has 1 saturated heterocycles. The van der Waals surface area contributed by atoms with E-state index in [0.29, 0.717) is 18.0 Å². The molecule has 1 aliphatic heterocycles. The molecule has 1 N–H and O–H groups in total. The normalized spacial score (nSPS) is 18.7. The third-order valence-corrected chi connectivity index (χ3v) is 4.42. The maximum atomic E-state index is 12.6. The van der Waals surface area contributed by atoms with Crippen LogP contribution in [-0.4, -0.2) is 22.8 Å². The van der Waals surface area contributed by atoms with E-state index < -0.39 is 23.3 Å². The van der Waals surface area contributed by atoms with Crippen LogP contribution in [0, 0.1) is 12.3 Å². The fourth-order valence-corrected chi connectivity index (χ4v) is 2.96. The molecule has 2 heterocycles. The van der Waals surface area contributed by atoms with Crippen LogP contribution in [0.3, 0.4) is 0 Å². The van der Waals surface area contributed by atoms with Crippen molar-refractivity contribution in [2.45, 2.75) is 33.6 Å². The zero-order valence-electron chi connectivity index (χ0n) is 11.0. The molecule has 7 heteroatoms. The fourth-order valence-electron chi connectivity index (χ4n) is 2.17. The summed E-state index contributed by atoms with van der Waals surface area (Å²) in [5.41, 5.74) is -0.441. The third-order valence-electron chi connectivity index (χ3n) is 3.48. The quantitative estimate of drug-likeness (QED) is 0.857. The topological polar surface area (TPSA) is 79.4 Å². The summed E-state index contributed by atoms with van der Waals surface area (Å²) in [5.74, 6) is -1.00. The number of hydrogen-bond donors (Lipinski definition) is 1. The molecule has 0 spiro atoms. The first kappa shape index (κ1) is 13.7. The zero-order valence-corrected chi connectivity index (χ0v) is 11.8. The number of carbonyl (C=O) groups is 3. The van der Waals surface area contributed by atoms with Gasteiger partial charge in [-0.05, 0) is 19.8 Å². The highest BCUT2D eigenvalue weighted by atomic mass is 32.1. The molecule has 0 saturated carbocycles. The van der Waals surface area contributed by atoms with E-state index in [1.807, 2.05) is 0 Å². The van der Waals surface area contributed by atoms with Crippen LogP contribution in [0.5, 0.6) is 0 Å². The summed E-state index contributed by atoms with van der Waals surface area (Å²) in [6.45, 7) is 5.31.